The van der Waals surface area contributed by atoms with Crippen molar-refractivity contribution in [3.8, 4) is 0 Å². The van der Waals surface area contributed by atoms with E-state index in [0.717, 1.165) is 11.3 Å². The molecule has 5 heteroatoms. The molecule has 1 N–H and O–H groups in total. The average molecular weight is 250 g/mol. The lowest BCUT2D eigenvalue weighted by atomic mass is 10.1. The SMILES string of the molecule is CCC[C@@H]1NC(=O)N(Cc2ccccc2F)C1=O. The van der Waals surface area contributed by atoms with Crippen LogP contribution < -0.4 is 5.32 Å². The Hall–Kier alpha value is -1.91. The predicted molar refractivity (Wildman–Crippen MR) is 64.2 cm³/mol. The van der Waals surface area contributed by atoms with E-state index in [0.29, 0.717) is 12.0 Å². The van der Waals surface area contributed by atoms with E-state index < -0.39 is 17.9 Å². The molecule has 1 heterocycles. The van der Waals surface area contributed by atoms with Crippen molar-refractivity contribution in [2.75, 3.05) is 0 Å². The Kier molecular flexibility index (Phi) is 3.60. The maximum absolute atomic E-state index is 13.5. The zero-order chi connectivity index (χ0) is 13.1. The van der Waals surface area contributed by atoms with E-state index in [1.54, 1.807) is 18.2 Å². The highest BCUT2D eigenvalue weighted by Crippen LogP contribution is 2.16. The van der Waals surface area contributed by atoms with E-state index in [2.05, 4.69) is 5.32 Å². The zero-order valence-electron chi connectivity index (χ0n) is 10.1. The summed E-state index contributed by atoms with van der Waals surface area (Å²) in [6.45, 7) is 1.93. The van der Waals surface area contributed by atoms with Gasteiger partial charge in [0.05, 0.1) is 6.54 Å². The molecule has 1 aliphatic rings. The highest BCUT2D eigenvalue weighted by Gasteiger charge is 2.37. The summed E-state index contributed by atoms with van der Waals surface area (Å²) in [7, 11) is 0. The van der Waals surface area contributed by atoms with Crippen LogP contribution in [0.3, 0.4) is 0 Å². The van der Waals surface area contributed by atoms with Gasteiger partial charge < -0.3 is 5.32 Å². The number of nitrogens with one attached hydrogen (secondary N) is 1. The van der Waals surface area contributed by atoms with Crippen LogP contribution in [0.2, 0.25) is 0 Å². The smallest absolute Gasteiger partial charge is 0.325 e. The van der Waals surface area contributed by atoms with Crippen LogP contribution in [0.25, 0.3) is 0 Å². The molecule has 0 spiro atoms. The molecule has 1 atom stereocenters. The van der Waals surface area contributed by atoms with Gasteiger partial charge in [0.2, 0.25) is 0 Å². The molecule has 2 rings (SSSR count). The van der Waals surface area contributed by atoms with Gasteiger partial charge in [-0.15, -0.1) is 0 Å². The molecule has 1 aromatic carbocycles. The third-order valence-electron chi connectivity index (χ3n) is 2.97. The molecule has 0 unspecified atom stereocenters. The summed E-state index contributed by atoms with van der Waals surface area (Å²) in [5, 5.41) is 2.61. The van der Waals surface area contributed by atoms with Gasteiger partial charge in [-0.2, -0.15) is 0 Å². The normalized spacial score (nSPS) is 19.2. The van der Waals surface area contributed by atoms with E-state index in [-0.39, 0.29) is 12.5 Å². The summed E-state index contributed by atoms with van der Waals surface area (Å²) < 4.78 is 13.5. The summed E-state index contributed by atoms with van der Waals surface area (Å²) in [6.07, 6.45) is 1.42. The second-order valence-electron chi connectivity index (χ2n) is 4.31. The predicted octanol–water partition coefficient (Wildman–Crippen LogP) is 2.05. The van der Waals surface area contributed by atoms with E-state index in [1.165, 1.54) is 6.07 Å². The standard InChI is InChI=1S/C13H15FN2O2/c1-2-5-11-12(17)16(13(18)15-11)8-9-6-3-4-7-10(9)14/h3-4,6-7,11H,2,5,8H2,1H3,(H,15,18)/t11-/m0/s1. The molecule has 1 saturated heterocycles. The lowest BCUT2D eigenvalue weighted by molar-refractivity contribution is -0.128. The Morgan fingerprint density at radius 3 is 2.72 bits per heavy atom. The van der Waals surface area contributed by atoms with Crippen LogP contribution in [-0.2, 0) is 11.3 Å². The number of nitrogens with zero attached hydrogens (tertiary/aromatic N) is 1. The van der Waals surface area contributed by atoms with E-state index >= 15 is 0 Å². The lowest BCUT2D eigenvalue weighted by Gasteiger charge is -2.13. The summed E-state index contributed by atoms with van der Waals surface area (Å²) in [5.74, 6) is -0.679. The monoisotopic (exact) mass is 250 g/mol. The van der Waals surface area contributed by atoms with Crippen molar-refractivity contribution in [1.82, 2.24) is 10.2 Å². The van der Waals surface area contributed by atoms with E-state index in [4.69, 9.17) is 0 Å². The van der Waals surface area contributed by atoms with Gasteiger partial charge in [0.15, 0.2) is 0 Å². The fourth-order valence-corrected chi connectivity index (χ4v) is 2.01. The Morgan fingerprint density at radius 2 is 2.06 bits per heavy atom. The highest BCUT2D eigenvalue weighted by atomic mass is 19.1. The van der Waals surface area contributed by atoms with E-state index in [9.17, 15) is 14.0 Å². The second-order valence-corrected chi connectivity index (χ2v) is 4.31. The first-order valence-corrected chi connectivity index (χ1v) is 5.98. The van der Waals surface area contributed by atoms with Crippen molar-refractivity contribution >= 4 is 11.9 Å². The van der Waals surface area contributed by atoms with Crippen LogP contribution in [0.5, 0.6) is 0 Å². The fraction of sp³-hybridized carbons (Fsp3) is 0.385. The number of hydrogen-bond donors (Lipinski definition) is 1. The van der Waals surface area contributed by atoms with Crippen LogP contribution in [0.4, 0.5) is 9.18 Å². The molecule has 96 valence electrons. The molecule has 0 saturated carbocycles. The quantitative estimate of drug-likeness (QED) is 0.831. The largest absolute Gasteiger partial charge is 0.326 e. The summed E-state index contributed by atoms with van der Waals surface area (Å²) >= 11 is 0. The molecule has 1 fully saturated rings. The average Bonchev–Trinajstić information content (AvgIpc) is 2.60. The van der Waals surface area contributed by atoms with Gasteiger partial charge in [-0.25, -0.2) is 9.18 Å². The molecular formula is C13H15FN2O2. The third-order valence-corrected chi connectivity index (χ3v) is 2.97. The number of rotatable bonds is 4. The first-order valence-electron chi connectivity index (χ1n) is 5.98. The highest BCUT2D eigenvalue weighted by molar-refractivity contribution is 6.04. The van der Waals surface area contributed by atoms with Crippen molar-refractivity contribution in [3.05, 3.63) is 35.6 Å². The van der Waals surface area contributed by atoms with Crippen molar-refractivity contribution in [2.24, 2.45) is 0 Å². The first kappa shape index (κ1) is 12.5. The minimum Gasteiger partial charge on any atom is -0.326 e. The second kappa shape index (κ2) is 5.16. The van der Waals surface area contributed by atoms with Gasteiger partial charge in [0.1, 0.15) is 11.9 Å². The molecule has 1 aromatic rings. The number of imide groups is 1. The van der Waals surface area contributed by atoms with Crippen LogP contribution in [0, 0.1) is 5.82 Å². The Bertz CT molecular complexity index is 476. The number of urea groups is 1. The Balaban J connectivity index is 2.12. The van der Waals surface area contributed by atoms with Crippen molar-refractivity contribution < 1.29 is 14.0 Å². The number of hydrogen-bond acceptors (Lipinski definition) is 2. The first-order chi connectivity index (χ1) is 8.63. The van der Waals surface area contributed by atoms with Crippen LogP contribution in [0.1, 0.15) is 25.3 Å². The number of amides is 3. The van der Waals surface area contributed by atoms with Gasteiger partial charge in [-0.1, -0.05) is 31.5 Å². The van der Waals surface area contributed by atoms with Crippen molar-refractivity contribution in [3.63, 3.8) is 0 Å². The Morgan fingerprint density at radius 1 is 1.33 bits per heavy atom. The topological polar surface area (TPSA) is 49.4 Å². The van der Waals surface area contributed by atoms with Gasteiger partial charge in [0.25, 0.3) is 5.91 Å². The van der Waals surface area contributed by atoms with Crippen LogP contribution in [0.15, 0.2) is 24.3 Å². The molecule has 0 bridgehead atoms. The number of carbonyl (C=O) groups excluding carboxylic acids is 2. The van der Waals surface area contributed by atoms with Gasteiger partial charge in [-0.3, -0.25) is 9.69 Å². The molecule has 0 aliphatic carbocycles. The minimum absolute atomic E-state index is 0.0163. The third kappa shape index (κ3) is 2.34. The molecule has 4 nitrogen and oxygen atoms in total. The molecular weight excluding hydrogens is 235 g/mol. The molecule has 18 heavy (non-hydrogen) atoms. The Labute approximate surface area is 105 Å². The van der Waals surface area contributed by atoms with Crippen LogP contribution in [-0.4, -0.2) is 22.9 Å². The lowest BCUT2D eigenvalue weighted by Crippen LogP contribution is -2.31. The minimum atomic E-state index is -0.464. The van der Waals surface area contributed by atoms with Gasteiger partial charge in [0, 0.05) is 5.56 Å². The summed E-state index contributed by atoms with van der Waals surface area (Å²) in [4.78, 5) is 24.7. The fourth-order valence-electron chi connectivity index (χ4n) is 2.01. The van der Waals surface area contributed by atoms with Crippen molar-refractivity contribution in [2.45, 2.75) is 32.4 Å². The molecule has 3 amide bonds. The summed E-state index contributed by atoms with van der Waals surface area (Å²) in [5.41, 5.74) is 0.346. The molecule has 0 aromatic heterocycles. The zero-order valence-corrected chi connectivity index (χ0v) is 10.1. The van der Waals surface area contributed by atoms with Gasteiger partial charge in [-0.05, 0) is 12.5 Å². The number of halogens is 1. The maximum Gasteiger partial charge on any atom is 0.325 e. The number of benzene rings is 1. The van der Waals surface area contributed by atoms with Crippen LogP contribution >= 0.6 is 0 Å². The molecule has 1 aliphatic heterocycles. The van der Waals surface area contributed by atoms with Gasteiger partial charge >= 0.3 is 6.03 Å². The number of carbonyl (C=O) groups is 2. The maximum atomic E-state index is 13.5. The summed E-state index contributed by atoms with van der Waals surface area (Å²) in [6, 6.07) is 5.24. The van der Waals surface area contributed by atoms with Crippen molar-refractivity contribution in [1.29, 1.82) is 0 Å². The molecule has 0 radical (unpaired) electrons. The van der Waals surface area contributed by atoms with E-state index in [1.807, 2.05) is 6.92 Å².